The molecule has 2 N–H and O–H groups in total. The van der Waals surface area contributed by atoms with E-state index in [0.29, 0.717) is 6.42 Å². The number of esters is 2. The predicted molar refractivity (Wildman–Crippen MR) is 94.0 cm³/mol. The lowest BCUT2D eigenvalue weighted by Crippen LogP contribution is -2.38. The molecule has 0 aliphatic rings. The van der Waals surface area contributed by atoms with Crippen LogP contribution < -0.4 is 5.73 Å². The highest BCUT2D eigenvalue weighted by Gasteiger charge is 2.30. The van der Waals surface area contributed by atoms with E-state index in [1.165, 1.54) is 0 Å². The summed E-state index contributed by atoms with van der Waals surface area (Å²) in [4.78, 5) is 23.2. The Morgan fingerprint density at radius 3 is 1.96 bits per heavy atom. The number of rotatable bonds is 9. The molecular weight excluding hydrogens is 294 g/mol. The maximum absolute atomic E-state index is 11.9. The zero-order chi connectivity index (χ0) is 18.7. The molecule has 0 rings (SSSR count). The summed E-state index contributed by atoms with van der Waals surface area (Å²) in [5.41, 5.74) is 5.62. The van der Waals surface area contributed by atoms with E-state index in [9.17, 15) is 9.59 Å². The molecule has 0 aromatic rings. The first-order valence-corrected chi connectivity index (χ1v) is 8.61. The molecule has 0 saturated heterocycles. The molecule has 0 saturated carbocycles. The molecule has 0 aromatic carbocycles. The average molecular weight is 331 g/mol. The highest BCUT2D eigenvalue weighted by atomic mass is 16.5. The zero-order valence-electron chi connectivity index (χ0n) is 16.3. The van der Waals surface area contributed by atoms with Crippen molar-refractivity contribution in [3.63, 3.8) is 0 Å². The van der Waals surface area contributed by atoms with Crippen LogP contribution in [0.1, 0.15) is 74.7 Å². The van der Waals surface area contributed by atoms with Gasteiger partial charge in [-0.3, -0.25) is 9.59 Å². The van der Waals surface area contributed by atoms with Crippen LogP contribution in [0.25, 0.3) is 0 Å². The summed E-state index contributed by atoms with van der Waals surface area (Å²) in [5.74, 6) is -0.872. The van der Waals surface area contributed by atoms with Gasteiger partial charge in [-0.1, -0.05) is 54.9 Å². The van der Waals surface area contributed by atoms with Gasteiger partial charge in [0, 0.05) is 0 Å². The highest BCUT2D eigenvalue weighted by Crippen LogP contribution is 2.38. The van der Waals surface area contributed by atoms with Crippen LogP contribution in [0.4, 0.5) is 0 Å². The Bertz CT molecular complexity index is 351. The molecule has 0 spiro atoms. The van der Waals surface area contributed by atoms with Crippen LogP contribution in [0.15, 0.2) is 0 Å². The Morgan fingerprint density at radius 1 is 1.00 bits per heavy atom. The van der Waals surface area contributed by atoms with Gasteiger partial charge >= 0.3 is 11.9 Å². The molecule has 0 bridgehead atoms. The Kier molecular flexibility index (Phi) is 12.0. The fraction of sp³-hybridized carbons (Fsp3) is 0.889. The number of nitrogens with two attached hydrogens (primary N) is 1. The molecule has 0 aliphatic carbocycles. The number of ether oxygens (including phenoxy) is 2. The van der Waals surface area contributed by atoms with E-state index < -0.39 is 12.0 Å². The van der Waals surface area contributed by atoms with Gasteiger partial charge in [-0.2, -0.15) is 0 Å². The molecular formula is C18H37NO4. The van der Waals surface area contributed by atoms with Crippen molar-refractivity contribution in [3.8, 4) is 0 Å². The normalized spacial score (nSPS) is 12.7. The SMILES string of the molecule is CC.CCOC(=O)C(N)COC(=O)CC(C)(C)CC(C)(C)CC. The first-order chi connectivity index (χ1) is 10.5. The van der Waals surface area contributed by atoms with Crippen LogP contribution >= 0.6 is 0 Å². The van der Waals surface area contributed by atoms with Crippen molar-refractivity contribution in [1.29, 1.82) is 0 Å². The maximum Gasteiger partial charge on any atom is 0.326 e. The van der Waals surface area contributed by atoms with Crippen molar-refractivity contribution < 1.29 is 19.1 Å². The molecule has 23 heavy (non-hydrogen) atoms. The van der Waals surface area contributed by atoms with Crippen LogP contribution in [-0.2, 0) is 19.1 Å². The summed E-state index contributed by atoms with van der Waals surface area (Å²) >= 11 is 0. The Labute approximate surface area is 142 Å². The van der Waals surface area contributed by atoms with E-state index in [0.717, 1.165) is 12.8 Å². The standard InChI is InChI=1S/C16H31NO4.C2H6/c1-7-15(3,4)11-16(5,6)9-13(18)21-10-12(17)14(19)20-8-2;1-2/h12H,7-11,17H2,1-6H3;1-2H3. The quantitative estimate of drug-likeness (QED) is 0.652. The lowest BCUT2D eigenvalue weighted by atomic mass is 9.72. The van der Waals surface area contributed by atoms with Gasteiger partial charge in [-0.15, -0.1) is 0 Å². The van der Waals surface area contributed by atoms with Crippen LogP contribution in [-0.4, -0.2) is 31.2 Å². The lowest BCUT2D eigenvalue weighted by molar-refractivity contribution is -0.152. The second kappa shape index (κ2) is 11.4. The minimum absolute atomic E-state index is 0.134. The predicted octanol–water partition coefficient (Wildman–Crippen LogP) is 3.69. The third-order valence-electron chi connectivity index (χ3n) is 3.55. The summed E-state index contributed by atoms with van der Waals surface area (Å²) in [7, 11) is 0. The van der Waals surface area contributed by atoms with E-state index in [1.807, 2.05) is 13.8 Å². The van der Waals surface area contributed by atoms with E-state index in [2.05, 4.69) is 34.6 Å². The highest BCUT2D eigenvalue weighted by molar-refractivity contribution is 5.76. The smallest absolute Gasteiger partial charge is 0.326 e. The summed E-state index contributed by atoms with van der Waals surface area (Å²) in [6.07, 6.45) is 2.29. The molecule has 0 aliphatic heterocycles. The second-order valence-corrected chi connectivity index (χ2v) is 7.08. The third kappa shape index (κ3) is 12.0. The number of hydrogen-bond donors (Lipinski definition) is 1. The molecule has 5 nitrogen and oxygen atoms in total. The first-order valence-electron chi connectivity index (χ1n) is 8.61. The Balaban J connectivity index is 0. The molecule has 0 fully saturated rings. The first kappa shape index (κ1) is 24.2. The fourth-order valence-electron chi connectivity index (χ4n) is 2.42. The molecule has 1 unspecified atom stereocenters. The van der Waals surface area contributed by atoms with Crippen molar-refractivity contribution in [3.05, 3.63) is 0 Å². The van der Waals surface area contributed by atoms with E-state index in [4.69, 9.17) is 15.2 Å². The number of carbonyl (C=O) groups is 2. The van der Waals surface area contributed by atoms with Gasteiger partial charge in [0.15, 0.2) is 0 Å². The minimum Gasteiger partial charge on any atom is -0.465 e. The fourth-order valence-corrected chi connectivity index (χ4v) is 2.42. The van der Waals surface area contributed by atoms with E-state index >= 15 is 0 Å². The van der Waals surface area contributed by atoms with E-state index in [-0.39, 0.29) is 30.0 Å². The molecule has 0 amide bonds. The average Bonchev–Trinajstić information content (AvgIpc) is 2.45. The van der Waals surface area contributed by atoms with Crippen LogP contribution in [0, 0.1) is 10.8 Å². The Morgan fingerprint density at radius 2 is 1.52 bits per heavy atom. The van der Waals surface area contributed by atoms with Crippen molar-refractivity contribution in [2.75, 3.05) is 13.2 Å². The Hall–Kier alpha value is -1.10. The maximum atomic E-state index is 11.9. The van der Waals surface area contributed by atoms with Crippen LogP contribution in [0.5, 0.6) is 0 Å². The van der Waals surface area contributed by atoms with Gasteiger partial charge < -0.3 is 15.2 Å². The monoisotopic (exact) mass is 331 g/mol. The summed E-state index contributed by atoms with van der Waals surface area (Å²) < 4.78 is 9.85. The van der Waals surface area contributed by atoms with Crippen molar-refractivity contribution in [2.45, 2.75) is 80.7 Å². The summed E-state index contributed by atoms with van der Waals surface area (Å²) in [5, 5.41) is 0. The van der Waals surface area contributed by atoms with Gasteiger partial charge in [0.2, 0.25) is 0 Å². The van der Waals surface area contributed by atoms with E-state index in [1.54, 1.807) is 6.92 Å². The van der Waals surface area contributed by atoms with Gasteiger partial charge in [0.1, 0.15) is 12.6 Å². The molecule has 138 valence electrons. The molecule has 0 radical (unpaired) electrons. The molecule has 0 aromatic heterocycles. The van der Waals surface area contributed by atoms with Crippen LogP contribution in [0.2, 0.25) is 0 Å². The topological polar surface area (TPSA) is 78.6 Å². The molecule has 5 heteroatoms. The second-order valence-electron chi connectivity index (χ2n) is 7.08. The summed E-state index contributed by atoms with van der Waals surface area (Å²) in [6, 6.07) is -0.913. The van der Waals surface area contributed by atoms with Gasteiger partial charge in [-0.25, -0.2) is 0 Å². The van der Waals surface area contributed by atoms with Crippen molar-refractivity contribution in [1.82, 2.24) is 0 Å². The van der Waals surface area contributed by atoms with Crippen LogP contribution in [0.3, 0.4) is 0 Å². The van der Waals surface area contributed by atoms with Gasteiger partial charge in [0.05, 0.1) is 13.0 Å². The third-order valence-corrected chi connectivity index (χ3v) is 3.55. The largest absolute Gasteiger partial charge is 0.465 e. The number of carbonyl (C=O) groups excluding carboxylic acids is 2. The van der Waals surface area contributed by atoms with Gasteiger partial charge in [0.25, 0.3) is 0 Å². The molecule has 1 atom stereocenters. The molecule has 0 heterocycles. The minimum atomic E-state index is -0.913. The van der Waals surface area contributed by atoms with Crippen molar-refractivity contribution >= 4 is 11.9 Å². The van der Waals surface area contributed by atoms with Gasteiger partial charge in [-0.05, 0) is 24.2 Å². The van der Waals surface area contributed by atoms with Crippen molar-refractivity contribution in [2.24, 2.45) is 16.6 Å². The lowest BCUT2D eigenvalue weighted by Gasteiger charge is -2.33. The number of hydrogen-bond acceptors (Lipinski definition) is 5. The summed E-state index contributed by atoms with van der Waals surface area (Å²) in [6.45, 7) is 16.5. The zero-order valence-corrected chi connectivity index (χ0v) is 16.3.